The molecule has 0 aromatic carbocycles. The molecule has 0 saturated carbocycles. The van der Waals surface area contributed by atoms with E-state index in [2.05, 4.69) is 34.4 Å². The topological polar surface area (TPSA) is 32.6 Å². The van der Waals surface area contributed by atoms with Crippen LogP contribution in [0.1, 0.15) is 25.3 Å². The monoisotopic (exact) mass is 258 g/mol. The molecule has 1 fully saturated rings. The summed E-state index contributed by atoms with van der Waals surface area (Å²) < 4.78 is 1.94. The molecule has 2 aromatic rings. The fourth-order valence-electron chi connectivity index (χ4n) is 2.89. The molecule has 3 rings (SSSR count). The molecule has 1 saturated heterocycles. The molecule has 4 nitrogen and oxygen atoms in total. The molecule has 0 amide bonds. The normalized spacial score (nSPS) is 21.0. The predicted molar refractivity (Wildman–Crippen MR) is 77.2 cm³/mol. The molecule has 4 heteroatoms. The first-order valence-electron chi connectivity index (χ1n) is 7.24. The van der Waals surface area contributed by atoms with Crippen molar-refractivity contribution in [2.45, 2.75) is 32.4 Å². The highest BCUT2D eigenvalue weighted by atomic mass is 15.2. The number of likely N-dealkylation sites (N-methyl/N-ethyl adjacent to an activating group) is 1. The van der Waals surface area contributed by atoms with Crippen LogP contribution in [0.3, 0.4) is 0 Å². The quantitative estimate of drug-likeness (QED) is 0.909. The Bertz CT molecular complexity index is 534. The van der Waals surface area contributed by atoms with Crippen LogP contribution in [0.2, 0.25) is 0 Å². The van der Waals surface area contributed by atoms with Gasteiger partial charge in [-0.05, 0) is 38.1 Å². The van der Waals surface area contributed by atoms with E-state index in [0.29, 0.717) is 6.04 Å². The molecular weight excluding hydrogens is 236 g/mol. The van der Waals surface area contributed by atoms with Gasteiger partial charge in [0.05, 0.1) is 11.7 Å². The first-order valence-corrected chi connectivity index (χ1v) is 7.24. The minimum Gasteiger partial charge on any atom is -0.309 e. The Balaban J connectivity index is 1.63. The van der Waals surface area contributed by atoms with E-state index in [1.807, 2.05) is 23.0 Å². The number of fused-ring (bicyclic) bond motifs is 1. The van der Waals surface area contributed by atoms with Gasteiger partial charge in [0.25, 0.3) is 0 Å². The van der Waals surface area contributed by atoms with Gasteiger partial charge in [-0.1, -0.05) is 13.0 Å². The van der Waals surface area contributed by atoms with Gasteiger partial charge >= 0.3 is 0 Å². The second-order valence-corrected chi connectivity index (χ2v) is 5.31. The molecule has 102 valence electrons. The summed E-state index contributed by atoms with van der Waals surface area (Å²) in [7, 11) is 0. The minimum atomic E-state index is 0.618. The number of hydrogen-bond donors (Lipinski definition) is 1. The third-order valence-corrected chi connectivity index (χ3v) is 4.04. The van der Waals surface area contributed by atoms with E-state index in [1.54, 1.807) is 0 Å². The number of pyridine rings is 1. The first-order chi connectivity index (χ1) is 9.36. The zero-order chi connectivity index (χ0) is 13.1. The standard InChI is InChI=1S/C15H22N4/c1-2-18-8-5-6-14(12-18)16-10-13-11-17-19-9-4-3-7-15(13)19/h3-4,7,9,11,14,16H,2,5-6,8,10,12H2,1H3. The molecule has 19 heavy (non-hydrogen) atoms. The van der Waals surface area contributed by atoms with Crippen LogP contribution in [0.4, 0.5) is 0 Å². The highest BCUT2D eigenvalue weighted by Crippen LogP contribution is 2.13. The summed E-state index contributed by atoms with van der Waals surface area (Å²) in [5.41, 5.74) is 2.49. The lowest BCUT2D eigenvalue weighted by Crippen LogP contribution is -2.45. The number of nitrogens with zero attached hydrogens (tertiary/aromatic N) is 3. The van der Waals surface area contributed by atoms with Gasteiger partial charge in [-0.15, -0.1) is 0 Å². The van der Waals surface area contributed by atoms with Crippen molar-refractivity contribution in [2.24, 2.45) is 0 Å². The van der Waals surface area contributed by atoms with E-state index in [4.69, 9.17) is 0 Å². The third-order valence-electron chi connectivity index (χ3n) is 4.04. The number of nitrogens with one attached hydrogen (secondary N) is 1. The summed E-state index contributed by atoms with van der Waals surface area (Å²) in [4.78, 5) is 2.53. The van der Waals surface area contributed by atoms with Crippen LogP contribution >= 0.6 is 0 Å². The lowest BCUT2D eigenvalue weighted by atomic mass is 10.1. The lowest BCUT2D eigenvalue weighted by molar-refractivity contribution is 0.198. The molecule has 2 aromatic heterocycles. The Morgan fingerprint density at radius 1 is 1.42 bits per heavy atom. The smallest absolute Gasteiger partial charge is 0.0706 e. The van der Waals surface area contributed by atoms with Crippen molar-refractivity contribution in [1.29, 1.82) is 0 Å². The lowest BCUT2D eigenvalue weighted by Gasteiger charge is -2.32. The Kier molecular flexibility index (Phi) is 3.80. The second-order valence-electron chi connectivity index (χ2n) is 5.31. The average molecular weight is 258 g/mol. The number of rotatable bonds is 4. The maximum Gasteiger partial charge on any atom is 0.0706 e. The Labute approximate surface area is 114 Å². The van der Waals surface area contributed by atoms with Crippen molar-refractivity contribution in [3.63, 3.8) is 0 Å². The largest absolute Gasteiger partial charge is 0.309 e. The fourth-order valence-corrected chi connectivity index (χ4v) is 2.89. The number of aromatic nitrogens is 2. The van der Waals surface area contributed by atoms with E-state index >= 15 is 0 Å². The van der Waals surface area contributed by atoms with Crippen LogP contribution in [-0.2, 0) is 6.54 Å². The molecule has 0 radical (unpaired) electrons. The van der Waals surface area contributed by atoms with Crippen LogP contribution in [0.25, 0.3) is 5.52 Å². The maximum absolute atomic E-state index is 4.38. The Morgan fingerprint density at radius 3 is 3.26 bits per heavy atom. The van der Waals surface area contributed by atoms with Crippen LogP contribution in [0, 0.1) is 0 Å². The molecule has 0 bridgehead atoms. The van der Waals surface area contributed by atoms with E-state index in [1.165, 1.54) is 37.0 Å². The first kappa shape index (κ1) is 12.6. The summed E-state index contributed by atoms with van der Waals surface area (Å²) in [5.74, 6) is 0. The predicted octanol–water partition coefficient (Wildman–Crippen LogP) is 1.91. The van der Waals surface area contributed by atoms with Crippen molar-refractivity contribution in [1.82, 2.24) is 19.8 Å². The summed E-state index contributed by atoms with van der Waals surface area (Å²) in [6.45, 7) is 6.75. The van der Waals surface area contributed by atoms with Crippen molar-refractivity contribution < 1.29 is 0 Å². The molecule has 1 atom stereocenters. The van der Waals surface area contributed by atoms with Crippen LogP contribution < -0.4 is 5.32 Å². The SMILES string of the molecule is CCN1CCCC(NCc2cnn3ccccc23)C1. The van der Waals surface area contributed by atoms with Gasteiger partial charge in [0.1, 0.15) is 0 Å². The number of likely N-dealkylation sites (tertiary alicyclic amines) is 1. The van der Waals surface area contributed by atoms with Gasteiger partial charge in [0.2, 0.25) is 0 Å². The van der Waals surface area contributed by atoms with Crippen LogP contribution in [-0.4, -0.2) is 40.2 Å². The van der Waals surface area contributed by atoms with E-state index in [-0.39, 0.29) is 0 Å². The van der Waals surface area contributed by atoms with Gasteiger partial charge in [-0.3, -0.25) is 0 Å². The molecule has 0 spiro atoms. The molecule has 1 N–H and O–H groups in total. The molecule has 1 aliphatic rings. The van der Waals surface area contributed by atoms with Crippen molar-refractivity contribution >= 4 is 5.52 Å². The van der Waals surface area contributed by atoms with Crippen molar-refractivity contribution in [3.05, 3.63) is 36.2 Å². The highest BCUT2D eigenvalue weighted by molar-refractivity contribution is 5.53. The second kappa shape index (κ2) is 5.72. The molecule has 0 aliphatic carbocycles. The van der Waals surface area contributed by atoms with Crippen molar-refractivity contribution in [3.8, 4) is 0 Å². The average Bonchev–Trinajstić information content (AvgIpc) is 2.89. The number of hydrogen-bond acceptors (Lipinski definition) is 3. The van der Waals surface area contributed by atoms with Gasteiger partial charge in [-0.25, -0.2) is 4.52 Å². The zero-order valence-electron chi connectivity index (χ0n) is 11.5. The zero-order valence-corrected chi connectivity index (χ0v) is 11.5. The molecule has 1 aliphatic heterocycles. The fraction of sp³-hybridized carbons (Fsp3) is 0.533. The van der Waals surface area contributed by atoms with Crippen molar-refractivity contribution in [2.75, 3.05) is 19.6 Å². The van der Waals surface area contributed by atoms with E-state index in [0.717, 1.165) is 13.1 Å². The Morgan fingerprint density at radius 2 is 2.37 bits per heavy atom. The Hall–Kier alpha value is -1.39. The van der Waals surface area contributed by atoms with Gasteiger partial charge in [0.15, 0.2) is 0 Å². The summed E-state index contributed by atoms with van der Waals surface area (Å²) in [6, 6.07) is 6.83. The molecule has 3 heterocycles. The maximum atomic E-state index is 4.38. The summed E-state index contributed by atoms with van der Waals surface area (Å²) >= 11 is 0. The van der Waals surface area contributed by atoms with Gasteiger partial charge in [-0.2, -0.15) is 5.10 Å². The summed E-state index contributed by atoms with van der Waals surface area (Å²) in [6.07, 6.45) is 6.57. The minimum absolute atomic E-state index is 0.618. The summed E-state index contributed by atoms with van der Waals surface area (Å²) in [5, 5.41) is 8.07. The van der Waals surface area contributed by atoms with E-state index < -0.39 is 0 Å². The van der Waals surface area contributed by atoms with Crippen LogP contribution in [0.5, 0.6) is 0 Å². The third kappa shape index (κ3) is 2.80. The van der Waals surface area contributed by atoms with Gasteiger partial charge in [0, 0.05) is 30.9 Å². The molecular formula is C15H22N4. The number of piperidine rings is 1. The van der Waals surface area contributed by atoms with Crippen LogP contribution in [0.15, 0.2) is 30.6 Å². The highest BCUT2D eigenvalue weighted by Gasteiger charge is 2.18. The van der Waals surface area contributed by atoms with Gasteiger partial charge < -0.3 is 10.2 Å². The molecule has 1 unspecified atom stereocenters. The van der Waals surface area contributed by atoms with E-state index in [9.17, 15) is 0 Å².